The molecule has 1 heterocycles. The first kappa shape index (κ1) is 23.8. The number of anilines is 1. The van der Waals surface area contributed by atoms with Crippen molar-refractivity contribution in [2.75, 3.05) is 37.6 Å². The minimum absolute atomic E-state index is 0.486. The number of ether oxygens (including phenoxy) is 1. The van der Waals surface area contributed by atoms with Gasteiger partial charge in [0.25, 0.3) is 5.91 Å². The quantitative estimate of drug-likeness (QED) is 0.519. The van der Waals surface area contributed by atoms with Crippen LogP contribution in [0.5, 0.6) is 0 Å². The van der Waals surface area contributed by atoms with E-state index in [0.717, 1.165) is 63.2 Å². The number of rotatable bonds is 7. The van der Waals surface area contributed by atoms with Crippen LogP contribution in [-0.4, -0.2) is 55.1 Å². The van der Waals surface area contributed by atoms with E-state index < -0.39 is 17.5 Å². The molecule has 2 aliphatic rings. The topological polar surface area (TPSA) is 99.7 Å². The van der Waals surface area contributed by atoms with Crippen molar-refractivity contribution in [2.45, 2.75) is 51.6 Å². The van der Waals surface area contributed by atoms with Gasteiger partial charge in [0.05, 0.1) is 11.6 Å². The average Bonchev–Trinajstić information content (AvgIpc) is 2.78. The van der Waals surface area contributed by atoms with Crippen molar-refractivity contribution in [2.24, 2.45) is 11.7 Å². The number of benzene rings is 1. The minimum Gasteiger partial charge on any atom is -0.446 e. The number of piperazine rings is 1. The Morgan fingerprint density at radius 3 is 2.50 bits per heavy atom. The Morgan fingerprint density at radius 2 is 1.91 bits per heavy atom. The third kappa shape index (κ3) is 6.10. The summed E-state index contributed by atoms with van der Waals surface area (Å²) in [6.45, 7) is 8.55. The summed E-state index contributed by atoms with van der Waals surface area (Å²) in [5, 5.41) is 9.11. The maximum Gasteiger partial charge on any atom is 0.331 e. The zero-order valence-corrected chi connectivity index (χ0v) is 19.2. The van der Waals surface area contributed by atoms with Crippen LogP contribution in [0.2, 0.25) is 0 Å². The van der Waals surface area contributed by atoms with Crippen LogP contribution in [0.4, 0.5) is 5.69 Å². The second kappa shape index (κ2) is 10.6. The summed E-state index contributed by atoms with van der Waals surface area (Å²) >= 11 is 0. The first-order valence-corrected chi connectivity index (χ1v) is 11.5. The van der Waals surface area contributed by atoms with Crippen LogP contribution in [0, 0.1) is 17.2 Å². The Morgan fingerprint density at radius 1 is 1.22 bits per heavy atom. The van der Waals surface area contributed by atoms with Gasteiger partial charge in [-0.05, 0) is 76.6 Å². The third-order valence-corrected chi connectivity index (χ3v) is 6.63. The van der Waals surface area contributed by atoms with Gasteiger partial charge in [-0.25, -0.2) is 4.79 Å². The van der Waals surface area contributed by atoms with E-state index in [-0.39, 0.29) is 0 Å². The van der Waals surface area contributed by atoms with Gasteiger partial charge in [-0.1, -0.05) is 11.6 Å². The fraction of sp³-hybridized carbons (Fsp3) is 0.560. The van der Waals surface area contributed by atoms with Crippen LogP contribution >= 0.6 is 0 Å². The van der Waals surface area contributed by atoms with E-state index in [2.05, 4.69) is 21.9 Å². The number of nitrogens with zero attached hydrogens (tertiary/aromatic N) is 3. The molecule has 172 valence electrons. The largest absolute Gasteiger partial charge is 0.446 e. The molecular formula is C25H34N4O3. The smallest absolute Gasteiger partial charge is 0.331 e. The number of primary amides is 1. The standard InChI is InChI=1S/C25H34N4O3/c1-19(2)16-23(30)32-25(24(27)31)9-6-20(7-10-25)8-11-28-12-14-29(15-13-28)22-5-3-4-21(17-22)18-26/h3-5,16-17,20H,6-15H2,1-2H3,(H2,27,31). The van der Waals surface area contributed by atoms with E-state index in [9.17, 15) is 9.59 Å². The van der Waals surface area contributed by atoms with Crippen LogP contribution in [-0.2, 0) is 14.3 Å². The molecule has 0 unspecified atom stereocenters. The number of carbonyl (C=O) groups is 2. The van der Waals surface area contributed by atoms with Crippen LogP contribution in [0.1, 0.15) is 51.5 Å². The lowest BCUT2D eigenvalue weighted by Crippen LogP contribution is -2.50. The molecule has 1 aliphatic heterocycles. The number of nitriles is 1. The van der Waals surface area contributed by atoms with E-state index in [4.69, 9.17) is 15.7 Å². The molecule has 0 atom stereocenters. The first-order chi connectivity index (χ1) is 15.3. The number of hydrogen-bond donors (Lipinski definition) is 1. The van der Waals surface area contributed by atoms with Crippen molar-refractivity contribution in [1.82, 2.24) is 4.90 Å². The number of nitrogens with two attached hydrogens (primary N) is 1. The van der Waals surface area contributed by atoms with Gasteiger partial charge in [0.15, 0.2) is 5.60 Å². The number of amides is 1. The molecule has 1 aromatic carbocycles. The average molecular weight is 439 g/mol. The lowest BCUT2D eigenvalue weighted by Gasteiger charge is -2.39. The highest BCUT2D eigenvalue weighted by Crippen LogP contribution is 2.36. The fourth-order valence-electron chi connectivity index (χ4n) is 4.66. The van der Waals surface area contributed by atoms with Gasteiger partial charge < -0.3 is 15.4 Å². The summed E-state index contributed by atoms with van der Waals surface area (Å²) in [4.78, 5) is 29.0. The Balaban J connectivity index is 1.44. The van der Waals surface area contributed by atoms with Crippen molar-refractivity contribution >= 4 is 17.6 Å². The second-order valence-corrected chi connectivity index (χ2v) is 9.22. The van der Waals surface area contributed by atoms with Crippen LogP contribution in [0.25, 0.3) is 0 Å². The van der Waals surface area contributed by atoms with Gasteiger partial charge in [0.2, 0.25) is 0 Å². The Hall–Kier alpha value is -2.85. The summed E-state index contributed by atoms with van der Waals surface area (Å²) in [7, 11) is 0. The molecule has 2 fully saturated rings. The SMILES string of the molecule is CC(C)=CC(=O)OC1(C(N)=O)CCC(CCN2CCN(c3cccc(C#N)c3)CC2)CC1. The van der Waals surface area contributed by atoms with Crippen LogP contribution in [0.3, 0.4) is 0 Å². The van der Waals surface area contributed by atoms with Gasteiger partial charge in [-0.15, -0.1) is 0 Å². The molecule has 0 radical (unpaired) electrons. The maximum absolute atomic E-state index is 12.1. The highest BCUT2D eigenvalue weighted by atomic mass is 16.6. The molecule has 0 bridgehead atoms. The Bertz CT molecular complexity index is 885. The maximum atomic E-state index is 12.1. The second-order valence-electron chi connectivity index (χ2n) is 9.22. The molecule has 0 aromatic heterocycles. The van der Waals surface area contributed by atoms with Crippen molar-refractivity contribution < 1.29 is 14.3 Å². The van der Waals surface area contributed by atoms with Crippen molar-refractivity contribution in [3.8, 4) is 6.07 Å². The summed E-state index contributed by atoms with van der Waals surface area (Å²) < 4.78 is 5.54. The van der Waals surface area contributed by atoms with Gasteiger partial charge in [-0.2, -0.15) is 5.26 Å². The molecule has 7 heteroatoms. The van der Waals surface area contributed by atoms with Crippen molar-refractivity contribution in [3.63, 3.8) is 0 Å². The molecule has 0 spiro atoms. The Labute approximate surface area is 190 Å². The lowest BCUT2D eigenvalue weighted by atomic mass is 9.77. The monoisotopic (exact) mass is 438 g/mol. The van der Waals surface area contributed by atoms with Crippen molar-refractivity contribution in [3.05, 3.63) is 41.5 Å². The van der Waals surface area contributed by atoms with E-state index in [1.54, 1.807) is 0 Å². The zero-order chi connectivity index (χ0) is 23.1. The fourth-order valence-corrected chi connectivity index (χ4v) is 4.66. The summed E-state index contributed by atoms with van der Waals surface area (Å²) in [5.41, 5.74) is 7.11. The Kier molecular flexibility index (Phi) is 7.92. The van der Waals surface area contributed by atoms with Gasteiger partial charge in [0, 0.05) is 37.9 Å². The molecule has 7 nitrogen and oxygen atoms in total. The number of carbonyl (C=O) groups excluding carboxylic acids is 2. The van der Waals surface area contributed by atoms with Crippen molar-refractivity contribution in [1.29, 1.82) is 5.26 Å². The third-order valence-electron chi connectivity index (χ3n) is 6.63. The predicted molar refractivity (Wildman–Crippen MR) is 124 cm³/mol. The van der Waals surface area contributed by atoms with Crippen LogP contribution in [0.15, 0.2) is 35.9 Å². The lowest BCUT2D eigenvalue weighted by molar-refractivity contribution is -0.167. The summed E-state index contributed by atoms with van der Waals surface area (Å²) in [6.07, 6.45) is 5.16. The number of hydrogen-bond acceptors (Lipinski definition) is 6. The molecule has 1 saturated heterocycles. The molecule has 1 amide bonds. The number of esters is 1. The summed E-state index contributed by atoms with van der Waals surface area (Å²) in [6, 6.07) is 9.99. The number of allylic oxidation sites excluding steroid dienone is 1. The highest BCUT2D eigenvalue weighted by Gasteiger charge is 2.43. The van der Waals surface area contributed by atoms with Gasteiger partial charge in [-0.3, -0.25) is 9.69 Å². The summed E-state index contributed by atoms with van der Waals surface area (Å²) in [5.74, 6) is -0.515. The molecule has 1 saturated carbocycles. The van der Waals surface area contributed by atoms with E-state index in [0.29, 0.717) is 24.3 Å². The molecule has 2 N–H and O–H groups in total. The predicted octanol–water partition coefficient (Wildman–Crippen LogP) is 2.99. The van der Waals surface area contributed by atoms with E-state index in [1.807, 2.05) is 32.0 Å². The molecule has 32 heavy (non-hydrogen) atoms. The molecule has 1 aliphatic carbocycles. The molecular weight excluding hydrogens is 404 g/mol. The van der Waals surface area contributed by atoms with E-state index >= 15 is 0 Å². The van der Waals surface area contributed by atoms with Gasteiger partial charge in [0.1, 0.15) is 0 Å². The van der Waals surface area contributed by atoms with Crippen LogP contribution < -0.4 is 10.6 Å². The highest BCUT2D eigenvalue weighted by molar-refractivity contribution is 5.90. The molecule has 3 rings (SSSR count). The first-order valence-electron chi connectivity index (χ1n) is 11.5. The minimum atomic E-state index is -1.16. The van der Waals surface area contributed by atoms with E-state index in [1.165, 1.54) is 6.08 Å². The van der Waals surface area contributed by atoms with Gasteiger partial charge >= 0.3 is 5.97 Å². The normalized spacial score (nSPS) is 23.8. The molecule has 1 aromatic rings. The zero-order valence-electron chi connectivity index (χ0n) is 19.2.